The van der Waals surface area contributed by atoms with Crippen LogP contribution in [0.3, 0.4) is 0 Å². The van der Waals surface area contributed by atoms with E-state index in [1.165, 1.54) is 0 Å². The first-order valence-corrected chi connectivity index (χ1v) is 7.19. The van der Waals surface area contributed by atoms with Crippen molar-refractivity contribution < 1.29 is 14.7 Å². The van der Waals surface area contributed by atoms with Crippen LogP contribution < -0.4 is 0 Å². The van der Waals surface area contributed by atoms with E-state index in [1.54, 1.807) is 4.90 Å². The second-order valence-corrected chi connectivity index (χ2v) is 7.09. The molecule has 1 saturated heterocycles. The Morgan fingerprint density at radius 3 is 2.53 bits per heavy atom. The Labute approximate surface area is 116 Å². The van der Waals surface area contributed by atoms with E-state index < -0.39 is 5.97 Å². The van der Waals surface area contributed by atoms with Crippen LogP contribution in [0.5, 0.6) is 0 Å². The maximum Gasteiger partial charge on any atom is 0.308 e. The highest BCUT2D eigenvalue weighted by molar-refractivity contribution is 5.78. The van der Waals surface area contributed by atoms with Crippen molar-refractivity contribution in [3.05, 3.63) is 0 Å². The van der Waals surface area contributed by atoms with Crippen LogP contribution in [0, 0.1) is 17.3 Å². The quantitative estimate of drug-likeness (QED) is 0.853. The molecule has 0 aliphatic carbocycles. The molecule has 1 amide bonds. The number of nitrogens with zero attached hydrogens (tertiary/aromatic N) is 1. The van der Waals surface area contributed by atoms with Crippen LogP contribution in [0.25, 0.3) is 0 Å². The summed E-state index contributed by atoms with van der Waals surface area (Å²) in [6.07, 6.45) is 3.03. The summed E-state index contributed by atoms with van der Waals surface area (Å²) in [4.78, 5) is 24.9. The predicted octanol–water partition coefficient (Wildman–Crippen LogP) is 2.77. The predicted molar refractivity (Wildman–Crippen MR) is 74.8 cm³/mol. The molecular formula is C15H27NO3. The number of likely N-dealkylation sites (tertiary alicyclic amines) is 1. The maximum atomic E-state index is 12.2. The fraction of sp³-hybridized carbons (Fsp3) is 0.867. The van der Waals surface area contributed by atoms with Crippen molar-refractivity contribution >= 4 is 11.9 Å². The average molecular weight is 269 g/mol. The Morgan fingerprint density at radius 2 is 2.00 bits per heavy atom. The second-order valence-electron chi connectivity index (χ2n) is 7.09. The zero-order valence-corrected chi connectivity index (χ0v) is 12.6. The first-order chi connectivity index (χ1) is 8.69. The van der Waals surface area contributed by atoms with E-state index in [4.69, 9.17) is 5.11 Å². The van der Waals surface area contributed by atoms with Crippen LogP contribution in [-0.4, -0.2) is 35.0 Å². The van der Waals surface area contributed by atoms with Gasteiger partial charge in [0.2, 0.25) is 5.91 Å². The molecule has 4 heteroatoms. The molecule has 0 aromatic carbocycles. The van der Waals surface area contributed by atoms with Crippen molar-refractivity contribution in [3.63, 3.8) is 0 Å². The summed E-state index contributed by atoms with van der Waals surface area (Å²) in [6, 6.07) is 0. The second kappa shape index (κ2) is 6.40. The van der Waals surface area contributed by atoms with Gasteiger partial charge in [-0.1, -0.05) is 27.7 Å². The van der Waals surface area contributed by atoms with Crippen molar-refractivity contribution in [2.45, 2.75) is 53.4 Å². The molecule has 1 aliphatic heterocycles. The molecule has 0 aromatic heterocycles. The summed E-state index contributed by atoms with van der Waals surface area (Å²) in [5, 5.41) is 9.03. The minimum atomic E-state index is -0.778. The molecule has 110 valence electrons. The monoisotopic (exact) mass is 269 g/mol. The molecule has 2 atom stereocenters. The molecular weight excluding hydrogens is 242 g/mol. The molecule has 19 heavy (non-hydrogen) atoms. The number of amides is 1. The first kappa shape index (κ1) is 16.0. The van der Waals surface area contributed by atoms with Crippen molar-refractivity contribution in [2.24, 2.45) is 17.3 Å². The number of carboxylic acid groups (broad SMARTS) is 1. The van der Waals surface area contributed by atoms with Crippen LogP contribution in [0.2, 0.25) is 0 Å². The standard InChI is InChI=1S/C15H27NO3/c1-11(9-15(2,3)4)8-13(17)16-7-5-6-12(10-16)14(18)19/h11-12H,5-10H2,1-4H3,(H,18,19)/t11?,12-/m0/s1. The fourth-order valence-corrected chi connectivity index (χ4v) is 2.95. The molecule has 0 bridgehead atoms. The molecule has 0 aromatic rings. The summed E-state index contributed by atoms with van der Waals surface area (Å²) in [6.45, 7) is 9.73. The maximum absolute atomic E-state index is 12.2. The molecule has 1 aliphatic rings. The Morgan fingerprint density at radius 1 is 1.37 bits per heavy atom. The van der Waals surface area contributed by atoms with E-state index in [-0.39, 0.29) is 17.2 Å². The summed E-state index contributed by atoms with van der Waals surface area (Å²) >= 11 is 0. The van der Waals surface area contributed by atoms with Gasteiger partial charge in [-0.15, -0.1) is 0 Å². The van der Waals surface area contributed by atoms with Gasteiger partial charge in [0.1, 0.15) is 0 Å². The molecule has 1 N–H and O–H groups in total. The first-order valence-electron chi connectivity index (χ1n) is 7.19. The van der Waals surface area contributed by atoms with Gasteiger partial charge in [0.05, 0.1) is 5.92 Å². The number of piperidine rings is 1. The molecule has 0 saturated carbocycles. The molecule has 1 rings (SSSR count). The van der Waals surface area contributed by atoms with Crippen LogP contribution in [0.15, 0.2) is 0 Å². The topological polar surface area (TPSA) is 57.6 Å². The molecule has 1 heterocycles. The van der Waals surface area contributed by atoms with Crippen molar-refractivity contribution in [3.8, 4) is 0 Å². The number of hydrogen-bond donors (Lipinski definition) is 1. The van der Waals surface area contributed by atoms with E-state index in [2.05, 4.69) is 27.7 Å². The van der Waals surface area contributed by atoms with Gasteiger partial charge in [-0.25, -0.2) is 0 Å². The minimum absolute atomic E-state index is 0.114. The Balaban J connectivity index is 2.47. The molecule has 1 fully saturated rings. The van der Waals surface area contributed by atoms with E-state index >= 15 is 0 Å². The van der Waals surface area contributed by atoms with Crippen LogP contribution >= 0.6 is 0 Å². The van der Waals surface area contributed by atoms with Gasteiger partial charge in [-0.2, -0.15) is 0 Å². The third-order valence-electron chi connectivity index (χ3n) is 3.61. The van der Waals surface area contributed by atoms with E-state index in [0.717, 1.165) is 12.8 Å². The Hall–Kier alpha value is -1.06. The minimum Gasteiger partial charge on any atom is -0.481 e. The highest BCUT2D eigenvalue weighted by atomic mass is 16.4. The number of hydrogen-bond acceptors (Lipinski definition) is 2. The largest absolute Gasteiger partial charge is 0.481 e. The lowest BCUT2D eigenvalue weighted by atomic mass is 9.84. The Bertz CT molecular complexity index is 333. The van der Waals surface area contributed by atoms with Crippen LogP contribution in [-0.2, 0) is 9.59 Å². The molecule has 1 unspecified atom stereocenters. The van der Waals surface area contributed by atoms with E-state index in [0.29, 0.717) is 31.8 Å². The van der Waals surface area contributed by atoms with Crippen molar-refractivity contribution in [1.82, 2.24) is 4.90 Å². The number of aliphatic carboxylic acids is 1. The zero-order valence-electron chi connectivity index (χ0n) is 12.6. The normalized spacial score (nSPS) is 22.1. The number of carbonyl (C=O) groups excluding carboxylic acids is 1. The smallest absolute Gasteiger partial charge is 0.308 e. The van der Waals surface area contributed by atoms with Gasteiger partial charge < -0.3 is 10.0 Å². The lowest BCUT2D eigenvalue weighted by Gasteiger charge is -2.32. The lowest BCUT2D eigenvalue weighted by Crippen LogP contribution is -2.42. The number of rotatable bonds is 4. The fourth-order valence-electron chi connectivity index (χ4n) is 2.95. The summed E-state index contributed by atoms with van der Waals surface area (Å²) in [7, 11) is 0. The van der Waals surface area contributed by atoms with E-state index in [9.17, 15) is 9.59 Å². The van der Waals surface area contributed by atoms with Crippen molar-refractivity contribution in [2.75, 3.05) is 13.1 Å². The molecule has 0 spiro atoms. The SMILES string of the molecule is CC(CC(=O)N1CCC[C@H](C(=O)O)C1)CC(C)(C)C. The third-order valence-corrected chi connectivity index (χ3v) is 3.61. The highest BCUT2D eigenvalue weighted by Crippen LogP contribution is 2.27. The highest BCUT2D eigenvalue weighted by Gasteiger charge is 2.29. The average Bonchev–Trinajstić information content (AvgIpc) is 2.26. The summed E-state index contributed by atoms with van der Waals surface area (Å²) < 4.78 is 0. The van der Waals surface area contributed by atoms with Crippen molar-refractivity contribution in [1.29, 1.82) is 0 Å². The van der Waals surface area contributed by atoms with Crippen LogP contribution in [0.1, 0.15) is 53.4 Å². The zero-order chi connectivity index (χ0) is 14.6. The molecule has 0 radical (unpaired) electrons. The van der Waals surface area contributed by atoms with Gasteiger partial charge in [-0.05, 0) is 30.6 Å². The lowest BCUT2D eigenvalue weighted by molar-refractivity contribution is -0.145. The summed E-state index contributed by atoms with van der Waals surface area (Å²) in [5.41, 5.74) is 0.227. The van der Waals surface area contributed by atoms with E-state index in [1.807, 2.05) is 0 Å². The van der Waals surface area contributed by atoms with Gasteiger partial charge >= 0.3 is 5.97 Å². The number of carbonyl (C=O) groups is 2. The number of carboxylic acids is 1. The molecule has 4 nitrogen and oxygen atoms in total. The third kappa shape index (κ3) is 5.62. The summed E-state index contributed by atoms with van der Waals surface area (Å²) in [5.74, 6) is -0.698. The van der Waals surface area contributed by atoms with Crippen LogP contribution in [0.4, 0.5) is 0 Å². The van der Waals surface area contributed by atoms with Gasteiger partial charge in [0.25, 0.3) is 0 Å². The Kier molecular flexibility index (Phi) is 5.39. The van der Waals surface area contributed by atoms with Gasteiger partial charge in [-0.3, -0.25) is 9.59 Å². The van der Waals surface area contributed by atoms with Gasteiger partial charge in [0.15, 0.2) is 0 Å². The van der Waals surface area contributed by atoms with Gasteiger partial charge in [0, 0.05) is 19.5 Å².